The molecule has 0 saturated heterocycles. The second-order valence-corrected chi connectivity index (χ2v) is 6.96. The molecule has 7 nitrogen and oxygen atoms in total. The highest BCUT2D eigenvalue weighted by atomic mass is 127. The van der Waals surface area contributed by atoms with Crippen LogP contribution in [0.4, 0.5) is 0 Å². The van der Waals surface area contributed by atoms with Gasteiger partial charge in [0, 0.05) is 19.7 Å². The van der Waals surface area contributed by atoms with Crippen molar-refractivity contribution in [3.63, 3.8) is 0 Å². The van der Waals surface area contributed by atoms with Crippen LogP contribution in [0.3, 0.4) is 0 Å². The van der Waals surface area contributed by atoms with Crippen molar-refractivity contribution in [3.8, 4) is 11.5 Å². The van der Waals surface area contributed by atoms with Crippen LogP contribution in [-0.2, 0) is 11.3 Å². The lowest BCUT2D eigenvalue weighted by atomic mass is 10.1. The van der Waals surface area contributed by atoms with Gasteiger partial charge in [-0.15, -0.1) is 24.0 Å². The molecule has 0 amide bonds. The molecule has 0 aromatic heterocycles. The van der Waals surface area contributed by atoms with Gasteiger partial charge >= 0.3 is 0 Å². The van der Waals surface area contributed by atoms with Gasteiger partial charge in [-0.25, -0.2) is 4.99 Å². The minimum Gasteiger partial charge on any atom is -0.493 e. The highest BCUT2D eigenvalue weighted by Gasteiger charge is 2.07. The lowest BCUT2D eigenvalue weighted by molar-refractivity contribution is 0.0646. The summed E-state index contributed by atoms with van der Waals surface area (Å²) in [6.45, 7) is 7.04. The molecule has 1 unspecified atom stereocenters. The molecule has 0 aliphatic heterocycles. The van der Waals surface area contributed by atoms with E-state index < -0.39 is 0 Å². The van der Waals surface area contributed by atoms with Gasteiger partial charge in [0.25, 0.3) is 0 Å². The Kier molecular flexibility index (Phi) is 14.5. The average Bonchev–Trinajstić information content (AvgIpc) is 2.81. The van der Waals surface area contributed by atoms with Crippen molar-refractivity contribution in [2.75, 3.05) is 40.0 Å². The van der Waals surface area contributed by atoms with E-state index in [9.17, 15) is 0 Å². The van der Waals surface area contributed by atoms with Crippen LogP contribution in [0.1, 0.15) is 37.5 Å². The first-order chi connectivity index (χ1) is 15.2. The van der Waals surface area contributed by atoms with Crippen LogP contribution in [0.15, 0.2) is 53.5 Å². The molecule has 0 heterocycles. The fourth-order valence-corrected chi connectivity index (χ4v) is 2.96. The predicted octanol–water partition coefficient (Wildman–Crippen LogP) is 3.91. The molecule has 0 radical (unpaired) electrons. The standard InChI is InChI=1S/C24H35N3O4.HI/c1-4-25-24(26-13-8-15-30-19(2)21-9-6-5-7-10-21)27-18-20-11-12-22(31-16-14-28)23(17-20)29-3;/h5-7,9-12,17,19,28H,4,8,13-16,18H2,1-3H3,(H2,25,26,27);1H. The zero-order chi connectivity index (χ0) is 22.3. The summed E-state index contributed by atoms with van der Waals surface area (Å²) in [5.74, 6) is 2.00. The summed E-state index contributed by atoms with van der Waals surface area (Å²) < 4.78 is 16.8. The second-order valence-electron chi connectivity index (χ2n) is 6.96. The summed E-state index contributed by atoms with van der Waals surface area (Å²) in [5.41, 5.74) is 2.19. The average molecular weight is 557 g/mol. The van der Waals surface area contributed by atoms with Gasteiger partial charge in [-0.1, -0.05) is 36.4 Å². The molecule has 2 rings (SSSR count). The minimum atomic E-state index is -0.0386. The van der Waals surface area contributed by atoms with Crippen molar-refractivity contribution in [2.45, 2.75) is 32.9 Å². The molecule has 8 heteroatoms. The Morgan fingerprint density at radius 2 is 1.84 bits per heavy atom. The highest BCUT2D eigenvalue weighted by Crippen LogP contribution is 2.28. The van der Waals surface area contributed by atoms with Gasteiger partial charge < -0.3 is 30.0 Å². The number of aliphatic hydroxyl groups excluding tert-OH is 1. The molecule has 2 aromatic carbocycles. The van der Waals surface area contributed by atoms with Gasteiger partial charge in [-0.2, -0.15) is 0 Å². The van der Waals surface area contributed by atoms with E-state index in [0.29, 0.717) is 24.7 Å². The van der Waals surface area contributed by atoms with Crippen LogP contribution in [0.25, 0.3) is 0 Å². The summed E-state index contributed by atoms with van der Waals surface area (Å²) in [7, 11) is 1.60. The van der Waals surface area contributed by atoms with E-state index in [-0.39, 0.29) is 43.3 Å². The molecule has 0 fully saturated rings. The Hall–Kier alpha value is -2.04. The first-order valence-corrected chi connectivity index (χ1v) is 10.8. The summed E-state index contributed by atoms with van der Waals surface area (Å²) >= 11 is 0. The monoisotopic (exact) mass is 557 g/mol. The van der Waals surface area contributed by atoms with E-state index >= 15 is 0 Å². The van der Waals surface area contributed by atoms with Crippen LogP contribution in [-0.4, -0.2) is 51.1 Å². The van der Waals surface area contributed by atoms with Crippen LogP contribution in [0.5, 0.6) is 11.5 Å². The molecular formula is C24H36IN3O4. The van der Waals surface area contributed by atoms with Gasteiger partial charge in [-0.3, -0.25) is 0 Å². The maximum Gasteiger partial charge on any atom is 0.191 e. The molecular weight excluding hydrogens is 521 g/mol. The summed E-state index contributed by atoms with van der Waals surface area (Å²) in [6, 6.07) is 15.9. The van der Waals surface area contributed by atoms with Gasteiger partial charge in [0.15, 0.2) is 17.5 Å². The number of nitrogens with zero attached hydrogens (tertiary/aromatic N) is 1. The van der Waals surface area contributed by atoms with E-state index in [4.69, 9.17) is 19.3 Å². The van der Waals surface area contributed by atoms with E-state index in [0.717, 1.165) is 31.0 Å². The fraction of sp³-hybridized carbons (Fsp3) is 0.458. The number of ether oxygens (including phenoxy) is 3. The van der Waals surface area contributed by atoms with Crippen molar-refractivity contribution in [1.29, 1.82) is 0 Å². The molecule has 0 spiro atoms. The number of aliphatic hydroxyl groups is 1. The third-order valence-electron chi connectivity index (χ3n) is 4.59. The smallest absolute Gasteiger partial charge is 0.191 e. The van der Waals surface area contributed by atoms with Gasteiger partial charge in [0.05, 0.1) is 26.4 Å². The Balaban J connectivity index is 0.00000512. The number of halogens is 1. The summed E-state index contributed by atoms with van der Waals surface area (Å²) in [4.78, 5) is 4.65. The maximum absolute atomic E-state index is 8.92. The van der Waals surface area contributed by atoms with Crippen molar-refractivity contribution in [2.24, 2.45) is 4.99 Å². The number of hydrogen-bond donors (Lipinski definition) is 3. The first-order valence-electron chi connectivity index (χ1n) is 10.8. The lowest BCUT2D eigenvalue weighted by Gasteiger charge is -2.15. The maximum atomic E-state index is 8.92. The molecule has 3 N–H and O–H groups in total. The Morgan fingerprint density at radius 1 is 1.06 bits per heavy atom. The Bertz CT molecular complexity index is 790. The van der Waals surface area contributed by atoms with Crippen LogP contribution < -0.4 is 20.1 Å². The Morgan fingerprint density at radius 3 is 2.53 bits per heavy atom. The van der Waals surface area contributed by atoms with Crippen LogP contribution in [0, 0.1) is 0 Å². The number of guanidine groups is 1. The normalized spacial score (nSPS) is 11.9. The number of rotatable bonds is 13. The molecule has 178 valence electrons. The molecule has 0 bridgehead atoms. The SMILES string of the molecule is CCNC(=NCc1ccc(OCCO)c(OC)c1)NCCCOC(C)c1ccccc1.I. The van der Waals surface area contributed by atoms with Crippen molar-refractivity contribution >= 4 is 29.9 Å². The lowest BCUT2D eigenvalue weighted by Crippen LogP contribution is -2.38. The first kappa shape index (κ1) is 28.0. The summed E-state index contributed by atoms with van der Waals surface area (Å²) in [5, 5.41) is 15.5. The second kappa shape index (κ2) is 16.6. The number of methoxy groups -OCH3 is 1. The number of benzene rings is 2. The fourth-order valence-electron chi connectivity index (χ4n) is 2.96. The highest BCUT2D eigenvalue weighted by molar-refractivity contribution is 14.0. The Labute approximate surface area is 208 Å². The van der Waals surface area contributed by atoms with E-state index in [1.165, 1.54) is 5.56 Å². The summed E-state index contributed by atoms with van der Waals surface area (Å²) in [6.07, 6.45) is 0.967. The minimum absolute atomic E-state index is 0. The molecule has 2 aromatic rings. The van der Waals surface area contributed by atoms with E-state index in [1.807, 2.05) is 43.3 Å². The predicted molar refractivity (Wildman–Crippen MR) is 139 cm³/mol. The van der Waals surface area contributed by atoms with Crippen molar-refractivity contribution in [1.82, 2.24) is 10.6 Å². The largest absolute Gasteiger partial charge is 0.493 e. The topological polar surface area (TPSA) is 84.3 Å². The molecule has 1 atom stereocenters. The van der Waals surface area contributed by atoms with Gasteiger partial charge in [-0.05, 0) is 43.5 Å². The zero-order valence-electron chi connectivity index (χ0n) is 19.2. The van der Waals surface area contributed by atoms with Crippen molar-refractivity contribution < 1.29 is 19.3 Å². The van der Waals surface area contributed by atoms with E-state index in [2.05, 4.69) is 34.7 Å². The van der Waals surface area contributed by atoms with E-state index in [1.54, 1.807) is 7.11 Å². The third-order valence-corrected chi connectivity index (χ3v) is 4.59. The molecule has 32 heavy (non-hydrogen) atoms. The number of hydrogen-bond acceptors (Lipinski definition) is 5. The zero-order valence-corrected chi connectivity index (χ0v) is 21.5. The van der Waals surface area contributed by atoms with Crippen LogP contribution in [0.2, 0.25) is 0 Å². The number of nitrogens with one attached hydrogen (secondary N) is 2. The van der Waals surface area contributed by atoms with Gasteiger partial charge in [0.2, 0.25) is 0 Å². The molecule has 0 saturated carbocycles. The van der Waals surface area contributed by atoms with Crippen molar-refractivity contribution in [3.05, 3.63) is 59.7 Å². The van der Waals surface area contributed by atoms with Crippen LogP contribution >= 0.6 is 24.0 Å². The molecule has 0 aliphatic rings. The third kappa shape index (κ3) is 10.1. The van der Waals surface area contributed by atoms with Gasteiger partial charge in [0.1, 0.15) is 6.61 Å². The number of aliphatic imine (C=N–C) groups is 1. The quantitative estimate of drug-likeness (QED) is 0.150. The molecule has 0 aliphatic carbocycles.